The van der Waals surface area contributed by atoms with Gasteiger partial charge in [-0.15, -0.1) is 0 Å². The average molecular weight is 286 g/mol. The van der Waals surface area contributed by atoms with Gasteiger partial charge in [0, 0.05) is 30.3 Å². The molecule has 0 atom stereocenters. The molecule has 0 saturated carbocycles. The van der Waals surface area contributed by atoms with Crippen molar-refractivity contribution in [2.45, 2.75) is 45.4 Å². The Bertz CT molecular complexity index is 524. The van der Waals surface area contributed by atoms with Gasteiger partial charge in [-0.2, -0.15) is 17.8 Å². The van der Waals surface area contributed by atoms with Gasteiger partial charge < -0.3 is 0 Å². The molecule has 2 rings (SSSR count). The van der Waals surface area contributed by atoms with Gasteiger partial charge in [-0.25, -0.2) is 0 Å². The number of aromatic amines is 1. The second-order valence-electron chi connectivity index (χ2n) is 5.98. The van der Waals surface area contributed by atoms with Crippen LogP contribution < -0.4 is 4.72 Å². The SMILES string of the molecule is CC(C)(C)c1cc(NS(=O)(=O)N2CCCCC2)n[nH]1. The van der Waals surface area contributed by atoms with Crippen LogP contribution in [0, 0.1) is 0 Å². The molecule has 1 aromatic rings. The third-order valence-corrected chi connectivity index (χ3v) is 4.79. The normalized spacial score (nSPS) is 18.5. The first-order valence-electron chi connectivity index (χ1n) is 6.63. The lowest BCUT2D eigenvalue weighted by atomic mass is 9.92. The molecule has 2 heterocycles. The Hall–Kier alpha value is -1.08. The van der Waals surface area contributed by atoms with Crippen molar-refractivity contribution in [2.24, 2.45) is 0 Å². The summed E-state index contributed by atoms with van der Waals surface area (Å²) in [5.41, 5.74) is 0.825. The van der Waals surface area contributed by atoms with Crippen LogP contribution in [0.15, 0.2) is 6.07 Å². The molecule has 1 aromatic heterocycles. The summed E-state index contributed by atoms with van der Waals surface area (Å²) in [6.45, 7) is 7.31. The van der Waals surface area contributed by atoms with Crippen molar-refractivity contribution in [2.75, 3.05) is 17.8 Å². The Labute approximate surface area is 114 Å². The highest BCUT2D eigenvalue weighted by Gasteiger charge is 2.25. The topological polar surface area (TPSA) is 78.1 Å². The molecule has 1 saturated heterocycles. The number of piperidine rings is 1. The van der Waals surface area contributed by atoms with Gasteiger partial charge >= 0.3 is 10.2 Å². The maximum Gasteiger partial charge on any atom is 0.302 e. The van der Waals surface area contributed by atoms with Crippen LogP contribution in [0.1, 0.15) is 45.7 Å². The molecule has 6 nitrogen and oxygen atoms in total. The minimum absolute atomic E-state index is 0.0815. The van der Waals surface area contributed by atoms with Gasteiger partial charge in [-0.05, 0) is 12.8 Å². The number of H-pyrrole nitrogens is 1. The van der Waals surface area contributed by atoms with E-state index in [1.807, 2.05) is 20.8 Å². The molecule has 7 heteroatoms. The lowest BCUT2D eigenvalue weighted by molar-refractivity contribution is 0.349. The second kappa shape index (κ2) is 5.13. The molecule has 2 N–H and O–H groups in total. The van der Waals surface area contributed by atoms with E-state index in [1.165, 1.54) is 4.31 Å². The summed E-state index contributed by atoms with van der Waals surface area (Å²) in [5.74, 6) is 0.357. The summed E-state index contributed by atoms with van der Waals surface area (Å²) in [6, 6.07) is 1.75. The highest BCUT2D eigenvalue weighted by Crippen LogP contribution is 2.23. The highest BCUT2D eigenvalue weighted by atomic mass is 32.2. The standard InChI is InChI=1S/C12H22N4O2S/c1-12(2,3)10-9-11(14-13-10)15-19(17,18)16-7-5-4-6-8-16/h9H,4-8H2,1-3H3,(H2,13,14,15). The van der Waals surface area contributed by atoms with E-state index in [0.29, 0.717) is 18.9 Å². The van der Waals surface area contributed by atoms with Crippen LogP contribution in [0.25, 0.3) is 0 Å². The number of hydrogen-bond donors (Lipinski definition) is 2. The summed E-state index contributed by atoms with van der Waals surface area (Å²) < 4.78 is 28.4. The van der Waals surface area contributed by atoms with Crippen molar-refractivity contribution >= 4 is 16.0 Å². The van der Waals surface area contributed by atoms with E-state index in [1.54, 1.807) is 6.07 Å². The van der Waals surface area contributed by atoms with E-state index in [-0.39, 0.29) is 5.41 Å². The van der Waals surface area contributed by atoms with Crippen LogP contribution in [0.5, 0.6) is 0 Å². The molecule has 0 aromatic carbocycles. The lowest BCUT2D eigenvalue weighted by Gasteiger charge is -2.25. The number of aromatic nitrogens is 2. The van der Waals surface area contributed by atoms with Crippen molar-refractivity contribution < 1.29 is 8.42 Å². The molecule has 0 amide bonds. The first-order chi connectivity index (χ1) is 8.79. The molecule has 108 valence electrons. The summed E-state index contributed by atoms with van der Waals surface area (Å²) in [4.78, 5) is 0. The molecular weight excluding hydrogens is 264 g/mol. The summed E-state index contributed by atoms with van der Waals surface area (Å²) in [5, 5.41) is 6.90. The number of anilines is 1. The van der Waals surface area contributed by atoms with E-state index >= 15 is 0 Å². The van der Waals surface area contributed by atoms with E-state index < -0.39 is 10.2 Å². The van der Waals surface area contributed by atoms with Crippen LogP contribution in [0.4, 0.5) is 5.82 Å². The van der Waals surface area contributed by atoms with Crippen molar-refractivity contribution in [3.63, 3.8) is 0 Å². The third-order valence-electron chi connectivity index (χ3n) is 3.27. The molecule has 19 heavy (non-hydrogen) atoms. The zero-order valence-electron chi connectivity index (χ0n) is 11.7. The molecule has 0 spiro atoms. The highest BCUT2D eigenvalue weighted by molar-refractivity contribution is 7.90. The Morgan fingerprint density at radius 2 is 1.89 bits per heavy atom. The quantitative estimate of drug-likeness (QED) is 0.890. The summed E-state index contributed by atoms with van der Waals surface area (Å²) in [6.07, 6.45) is 2.95. The second-order valence-corrected chi connectivity index (χ2v) is 7.65. The first-order valence-corrected chi connectivity index (χ1v) is 8.07. The van der Waals surface area contributed by atoms with Gasteiger partial charge in [0.15, 0.2) is 5.82 Å². The Morgan fingerprint density at radius 3 is 2.42 bits per heavy atom. The van der Waals surface area contributed by atoms with E-state index in [0.717, 1.165) is 25.0 Å². The van der Waals surface area contributed by atoms with Crippen LogP contribution in [-0.2, 0) is 15.6 Å². The third kappa shape index (κ3) is 3.48. The predicted molar refractivity (Wildman–Crippen MR) is 75.3 cm³/mol. The lowest BCUT2D eigenvalue weighted by Crippen LogP contribution is -2.39. The Kier molecular flexibility index (Phi) is 3.87. The van der Waals surface area contributed by atoms with Crippen molar-refractivity contribution in [3.8, 4) is 0 Å². The van der Waals surface area contributed by atoms with Gasteiger partial charge in [-0.1, -0.05) is 27.2 Å². The monoisotopic (exact) mass is 286 g/mol. The van der Waals surface area contributed by atoms with E-state index in [2.05, 4.69) is 14.9 Å². The molecule has 0 radical (unpaired) electrons. The zero-order chi connectivity index (χ0) is 14.1. The van der Waals surface area contributed by atoms with Gasteiger partial charge in [0.25, 0.3) is 0 Å². The average Bonchev–Trinajstić information content (AvgIpc) is 2.78. The molecule has 0 bridgehead atoms. The summed E-state index contributed by atoms with van der Waals surface area (Å²) >= 11 is 0. The van der Waals surface area contributed by atoms with Gasteiger partial charge in [-0.3, -0.25) is 9.82 Å². The molecule has 0 aliphatic carbocycles. The van der Waals surface area contributed by atoms with Crippen LogP contribution in [0.3, 0.4) is 0 Å². The molecule has 1 fully saturated rings. The fourth-order valence-corrected chi connectivity index (χ4v) is 3.30. The van der Waals surface area contributed by atoms with Gasteiger partial charge in [0.2, 0.25) is 0 Å². The van der Waals surface area contributed by atoms with Crippen LogP contribution in [-0.4, -0.2) is 36.0 Å². The number of hydrogen-bond acceptors (Lipinski definition) is 3. The van der Waals surface area contributed by atoms with E-state index in [4.69, 9.17) is 0 Å². The fraction of sp³-hybridized carbons (Fsp3) is 0.750. The smallest absolute Gasteiger partial charge is 0.280 e. The Balaban J connectivity index is 2.09. The molecular formula is C12H22N4O2S. The predicted octanol–water partition coefficient (Wildman–Crippen LogP) is 1.85. The van der Waals surface area contributed by atoms with Crippen molar-refractivity contribution in [1.82, 2.24) is 14.5 Å². The van der Waals surface area contributed by atoms with E-state index in [9.17, 15) is 8.42 Å². The largest absolute Gasteiger partial charge is 0.302 e. The number of rotatable bonds is 3. The van der Waals surface area contributed by atoms with Crippen molar-refractivity contribution in [3.05, 3.63) is 11.8 Å². The van der Waals surface area contributed by atoms with Crippen molar-refractivity contribution in [1.29, 1.82) is 0 Å². The maximum atomic E-state index is 12.2. The van der Waals surface area contributed by atoms with Gasteiger partial charge in [0.1, 0.15) is 0 Å². The fourth-order valence-electron chi connectivity index (χ4n) is 2.06. The molecule has 1 aliphatic rings. The maximum absolute atomic E-state index is 12.2. The summed E-state index contributed by atoms with van der Waals surface area (Å²) in [7, 11) is -3.47. The van der Waals surface area contributed by atoms with Gasteiger partial charge in [0.05, 0.1) is 0 Å². The van der Waals surface area contributed by atoms with Crippen LogP contribution >= 0.6 is 0 Å². The zero-order valence-corrected chi connectivity index (χ0v) is 12.5. The first kappa shape index (κ1) is 14.3. The molecule has 1 aliphatic heterocycles. The number of nitrogens with one attached hydrogen (secondary N) is 2. The minimum atomic E-state index is -3.47. The number of nitrogens with zero attached hydrogens (tertiary/aromatic N) is 2. The molecule has 0 unspecified atom stereocenters. The minimum Gasteiger partial charge on any atom is -0.280 e. The Morgan fingerprint density at radius 1 is 1.26 bits per heavy atom. The van der Waals surface area contributed by atoms with Crippen LogP contribution in [0.2, 0.25) is 0 Å².